The van der Waals surface area contributed by atoms with Crippen LogP contribution in [0.1, 0.15) is 94.9 Å². The molecule has 0 aliphatic heterocycles. The van der Waals surface area contributed by atoms with E-state index in [9.17, 15) is 10.2 Å². The number of aliphatic hydroxyl groups excluding tert-OH is 2. The van der Waals surface area contributed by atoms with Crippen LogP contribution < -0.4 is 0 Å². The second-order valence-electron chi connectivity index (χ2n) is 13.5. The van der Waals surface area contributed by atoms with Crippen LogP contribution in [0.2, 0.25) is 0 Å². The molecule has 0 spiro atoms. The minimum atomic E-state index is -0.261. The van der Waals surface area contributed by atoms with Gasteiger partial charge in [0.25, 0.3) is 0 Å². The van der Waals surface area contributed by atoms with Crippen molar-refractivity contribution in [2.75, 3.05) is 0 Å². The molecule has 0 radical (unpaired) electrons. The normalized spacial score (nSPS) is 24.5. The van der Waals surface area contributed by atoms with E-state index >= 15 is 0 Å². The zero-order chi connectivity index (χ0) is 31.5. The Balaban J connectivity index is 1.92. The fraction of sp³-hybridized carbons (Fsp3) is 0.450. The molecular weight excluding hydrogens is 512 g/mol. The van der Waals surface area contributed by atoms with E-state index in [1.807, 2.05) is 13.0 Å². The number of aliphatic hydroxyl groups is 2. The molecule has 0 amide bonds. The average Bonchev–Trinajstić information content (AvgIpc) is 2.85. The molecule has 0 aromatic carbocycles. The van der Waals surface area contributed by atoms with Gasteiger partial charge in [-0.05, 0) is 83.8 Å². The molecule has 2 nitrogen and oxygen atoms in total. The van der Waals surface area contributed by atoms with Crippen LogP contribution in [0.3, 0.4) is 0 Å². The van der Waals surface area contributed by atoms with Crippen molar-refractivity contribution < 1.29 is 10.2 Å². The van der Waals surface area contributed by atoms with E-state index in [0.717, 1.165) is 36.8 Å². The maximum absolute atomic E-state index is 10.1. The summed E-state index contributed by atoms with van der Waals surface area (Å²) in [6, 6.07) is 0. The Morgan fingerprint density at radius 1 is 0.667 bits per heavy atom. The first-order valence-electron chi connectivity index (χ1n) is 15.3. The first-order valence-corrected chi connectivity index (χ1v) is 15.3. The van der Waals surface area contributed by atoms with Gasteiger partial charge in [0, 0.05) is 11.0 Å². The predicted molar refractivity (Wildman–Crippen MR) is 183 cm³/mol. The van der Waals surface area contributed by atoms with Crippen LogP contribution in [0.25, 0.3) is 0 Å². The summed E-state index contributed by atoms with van der Waals surface area (Å²) in [6.45, 7) is 21.3. The van der Waals surface area contributed by atoms with Gasteiger partial charge in [0.2, 0.25) is 0 Å². The largest absolute Gasteiger partial charge is 0.393 e. The Hall–Kier alpha value is -3.12. The highest BCUT2D eigenvalue weighted by molar-refractivity contribution is 5.45. The zero-order valence-electron chi connectivity index (χ0n) is 27.8. The van der Waals surface area contributed by atoms with E-state index in [0.29, 0.717) is 0 Å². The van der Waals surface area contributed by atoms with E-state index < -0.39 is 0 Å². The smallest absolute Gasteiger partial charge is 0.0586 e. The second-order valence-corrected chi connectivity index (χ2v) is 13.5. The third kappa shape index (κ3) is 11.6. The van der Waals surface area contributed by atoms with Gasteiger partial charge in [-0.15, -0.1) is 0 Å². The lowest BCUT2D eigenvalue weighted by Crippen LogP contribution is -2.28. The lowest BCUT2D eigenvalue weighted by atomic mass is 9.71. The minimum absolute atomic E-state index is 0.00301. The van der Waals surface area contributed by atoms with Gasteiger partial charge in [-0.1, -0.05) is 140 Å². The van der Waals surface area contributed by atoms with Gasteiger partial charge in [-0.2, -0.15) is 0 Å². The van der Waals surface area contributed by atoms with Crippen molar-refractivity contribution in [2.45, 2.75) is 107 Å². The Kier molecular flexibility index (Phi) is 13.3. The van der Waals surface area contributed by atoms with Crippen LogP contribution >= 0.6 is 0 Å². The van der Waals surface area contributed by atoms with Crippen molar-refractivity contribution in [3.8, 4) is 11.8 Å². The first kappa shape index (κ1) is 35.1. The van der Waals surface area contributed by atoms with Gasteiger partial charge < -0.3 is 10.2 Å². The summed E-state index contributed by atoms with van der Waals surface area (Å²) in [4.78, 5) is 0. The minimum Gasteiger partial charge on any atom is -0.393 e. The van der Waals surface area contributed by atoms with E-state index in [4.69, 9.17) is 0 Å². The second kappa shape index (κ2) is 15.9. The third-order valence-electron chi connectivity index (χ3n) is 8.02. The summed E-state index contributed by atoms with van der Waals surface area (Å²) in [6.07, 6.45) is 27.8. The SMILES string of the molecule is CC1=C(C#C/C(C)=C/C=C(C)/C=C/C=C/C=C(C)/C=C/C=C(C)/C=C/C2=C(C)C[C@@H](O)CC2(C)C)C(C)(C)C[C@H](O)C1. The van der Waals surface area contributed by atoms with Crippen LogP contribution in [-0.2, 0) is 0 Å². The standard InChI is InChI=1S/C40H54O2/c1-29(17-14-18-31(3)21-23-37-33(5)25-35(41)27-39(37,7)8)15-12-11-13-16-30(2)19-20-32(4)22-24-38-34(6)26-36(42)28-40(38,9)10/h11-21,23,35-36,41-42H,25-28H2,1-10H3/b12-11+,16-13+,17-14+,23-21+,29-15+,30-19+,31-18+,32-20+/t35-,36-/m1/s1. The zero-order valence-corrected chi connectivity index (χ0v) is 27.8. The quantitative estimate of drug-likeness (QED) is 0.227. The number of allylic oxidation sites excluding steroid dienone is 18. The summed E-state index contributed by atoms with van der Waals surface area (Å²) in [5, 5.41) is 20.2. The van der Waals surface area contributed by atoms with Crippen LogP contribution in [-0.4, -0.2) is 22.4 Å². The summed E-state index contributed by atoms with van der Waals surface area (Å²) < 4.78 is 0. The Bertz CT molecular complexity index is 1340. The van der Waals surface area contributed by atoms with Crippen LogP contribution in [0, 0.1) is 22.7 Å². The highest BCUT2D eigenvalue weighted by Gasteiger charge is 2.32. The van der Waals surface area contributed by atoms with Gasteiger partial charge in [0.1, 0.15) is 0 Å². The highest BCUT2D eigenvalue weighted by atomic mass is 16.3. The van der Waals surface area contributed by atoms with Gasteiger partial charge >= 0.3 is 0 Å². The van der Waals surface area contributed by atoms with Crippen LogP contribution in [0.4, 0.5) is 0 Å². The molecule has 0 fully saturated rings. The van der Waals surface area contributed by atoms with Crippen molar-refractivity contribution in [1.82, 2.24) is 0 Å². The molecular formula is C40H54O2. The fourth-order valence-corrected chi connectivity index (χ4v) is 5.92. The van der Waals surface area contributed by atoms with Gasteiger partial charge in [-0.25, -0.2) is 0 Å². The van der Waals surface area contributed by atoms with Crippen LogP contribution in [0.5, 0.6) is 0 Å². The van der Waals surface area contributed by atoms with E-state index in [-0.39, 0.29) is 23.0 Å². The van der Waals surface area contributed by atoms with Gasteiger partial charge in [-0.3, -0.25) is 0 Å². The Morgan fingerprint density at radius 2 is 1.21 bits per heavy atom. The van der Waals surface area contributed by atoms with Crippen molar-refractivity contribution in [1.29, 1.82) is 0 Å². The molecule has 0 unspecified atom stereocenters. The molecule has 0 aromatic heterocycles. The lowest BCUT2D eigenvalue weighted by molar-refractivity contribution is 0.116. The molecule has 2 aliphatic carbocycles. The molecule has 2 rings (SSSR count). The number of hydrogen-bond donors (Lipinski definition) is 2. The molecule has 0 bridgehead atoms. The molecule has 2 atom stereocenters. The molecule has 0 aromatic rings. The van der Waals surface area contributed by atoms with Crippen LogP contribution in [0.15, 0.2) is 117 Å². The van der Waals surface area contributed by atoms with Crippen molar-refractivity contribution in [3.63, 3.8) is 0 Å². The van der Waals surface area contributed by atoms with E-state index in [2.05, 4.69) is 141 Å². The molecule has 42 heavy (non-hydrogen) atoms. The topological polar surface area (TPSA) is 40.5 Å². The third-order valence-corrected chi connectivity index (χ3v) is 8.02. The summed E-state index contributed by atoms with van der Waals surface area (Å²) in [7, 11) is 0. The molecule has 0 saturated heterocycles. The summed E-state index contributed by atoms with van der Waals surface area (Å²) in [5.41, 5.74) is 9.48. The van der Waals surface area contributed by atoms with Crippen molar-refractivity contribution >= 4 is 0 Å². The molecule has 2 heteroatoms. The molecule has 2 aliphatic rings. The van der Waals surface area contributed by atoms with E-state index in [1.165, 1.54) is 33.4 Å². The summed E-state index contributed by atoms with van der Waals surface area (Å²) >= 11 is 0. The Labute approximate surface area is 257 Å². The Morgan fingerprint density at radius 3 is 1.86 bits per heavy atom. The fourth-order valence-electron chi connectivity index (χ4n) is 5.92. The molecule has 0 saturated carbocycles. The predicted octanol–water partition coefficient (Wildman–Crippen LogP) is 9.99. The monoisotopic (exact) mass is 566 g/mol. The molecule has 2 N–H and O–H groups in total. The maximum atomic E-state index is 10.1. The van der Waals surface area contributed by atoms with Gasteiger partial charge in [0.15, 0.2) is 0 Å². The number of rotatable bonds is 8. The van der Waals surface area contributed by atoms with Gasteiger partial charge in [0.05, 0.1) is 12.2 Å². The first-order chi connectivity index (χ1) is 19.6. The average molecular weight is 567 g/mol. The molecule has 0 heterocycles. The summed E-state index contributed by atoms with van der Waals surface area (Å²) in [5.74, 6) is 6.69. The maximum Gasteiger partial charge on any atom is 0.0586 e. The van der Waals surface area contributed by atoms with Crippen molar-refractivity contribution in [2.24, 2.45) is 10.8 Å². The lowest BCUT2D eigenvalue weighted by Gasteiger charge is -2.35. The highest BCUT2D eigenvalue weighted by Crippen LogP contribution is 2.41. The molecule has 226 valence electrons. The number of hydrogen-bond acceptors (Lipinski definition) is 2. The van der Waals surface area contributed by atoms with Crippen molar-refractivity contribution in [3.05, 3.63) is 117 Å². The van der Waals surface area contributed by atoms with E-state index in [1.54, 1.807) is 0 Å².